The maximum atomic E-state index is 4.06. The molecule has 76 valence electrons. The molecule has 0 N–H and O–H groups in total. The Morgan fingerprint density at radius 3 is 1.85 bits per heavy atom. The van der Waals surface area contributed by atoms with Gasteiger partial charge in [0.25, 0.3) is 0 Å². The molecule has 0 aromatic rings. The van der Waals surface area contributed by atoms with Crippen LogP contribution in [-0.2, 0) is 0 Å². The molecule has 0 unspecified atom stereocenters. The van der Waals surface area contributed by atoms with Crippen LogP contribution < -0.4 is 0 Å². The second-order valence-corrected chi connectivity index (χ2v) is 3.81. The number of hydrogen-bond acceptors (Lipinski definition) is 0. The van der Waals surface area contributed by atoms with Gasteiger partial charge in [-0.05, 0) is 38.5 Å². The lowest BCUT2D eigenvalue weighted by molar-refractivity contribution is 0.695. The molecule has 0 aromatic carbocycles. The van der Waals surface area contributed by atoms with Gasteiger partial charge < -0.3 is 0 Å². The van der Waals surface area contributed by atoms with Crippen LogP contribution >= 0.6 is 0 Å². The van der Waals surface area contributed by atoms with E-state index in [0.29, 0.717) is 0 Å². The Kier molecular flexibility index (Phi) is 7.77. The molecule has 0 aromatic heterocycles. The highest BCUT2D eigenvalue weighted by Gasteiger charge is 1.95. The van der Waals surface area contributed by atoms with E-state index in [-0.39, 0.29) is 0 Å². The summed E-state index contributed by atoms with van der Waals surface area (Å²) >= 11 is 0. The van der Waals surface area contributed by atoms with Gasteiger partial charge in [-0.15, -0.1) is 0 Å². The van der Waals surface area contributed by atoms with E-state index in [1.54, 1.807) is 0 Å². The van der Waals surface area contributed by atoms with Crippen LogP contribution in [0.4, 0.5) is 0 Å². The standard InChI is InChI=1S/C13H24/c1-5-9-13(4)11-8-7-10-12(3)6-2/h3-11H2,1-2H3. The lowest BCUT2D eigenvalue weighted by atomic mass is 10.0. The average Bonchev–Trinajstić information content (AvgIpc) is 2.12. The van der Waals surface area contributed by atoms with Crippen molar-refractivity contribution >= 4 is 0 Å². The van der Waals surface area contributed by atoms with Crippen molar-refractivity contribution < 1.29 is 0 Å². The summed E-state index contributed by atoms with van der Waals surface area (Å²) in [6.45, 7) is 12.5. The van der Waals surface area contributed by atoms with Crippen molar-refractivity contribution in [2.24, 2.45) is 0 Å². The lowest BCUT2D eigenvalue weighted by Gasteiger charge is -2.04. The molecule has 0 amide bonds. The fraction of sp³-hybridized carbons (Fsp3) is 0.692. The molecular weight excluding hydrogens is 156 g/mol. The molecule has 13 heavy (non-hydrogen) atoms. The zero-order valence-electron chi connectivity index (χ0n) is 9.36. The first kappa shape index (κ1) is 12.5. The molecule has 0 bridgehead atoms. The Morgan fingerprint density at radius 1 is 0.846 bits per heavy atom. The Hall–Kier alpha value is -0.520. The summed E-state index contributed by atoms with van der Waals surface area (Å²) in [5.74, 6) is 0. The van der Waals surface area contributed by atoms with Gasteiger partial charge in [0.15, 0.2) is 0 Å². The summed E-state index contributed by atoms with van der Waals surface area (Å²) in [4.78, 5) is 0. The molecule has 0 fully saturated rings. The molecule has 0 atom stereocenters. The SMILES string of the molecule is C=C(CC)CCCCC(=C)CCC. The summed E-state index contributed by atoms with van der Waals surface area (Å²) in [6, 6.07) is 0. The molecular formula is C13H24. The van der Waals surface area contributed by atoms with E-state index < -0.39 is 0 Å². The second-order valence-electron chi connectivity index (χ2n) is 3.81. The highest BCUT2D eigenvalue weighted by atomic mass is 14.0. The first-order valence-corrected chi connectivity index (χ1v) is 5.54. The average molecular weight is 180 g/mol. The van der Waals surface area contributed by atoms with Crippen LogP contribution in [0.5, 0.6) is 0 Å². The largest absolute Gasteiger partial charge is 0.0999 e. The van der Waals surface area contributed by atoms with Gasteiger partial charge in [-0.2, -0.15) is 0 Å². The third-order valence-electron chi connectivity index (χ3n) is 2.41. The molecule has 0 radical (unpaired) electrons. The Balaban J connectivity index is 3.25. The van der Waals surface area contributed by atoms with E-state index in [4.69, 9.17) is 0 Å². The predicted octanol–water partition coefficient (Wildman–Crippen LogP) is 4.87. The summed E-state index contributed by atoms with van der Waals surface area (Å²) in [5, 5.41) is 0. The van der Waals surface area contributed by atoms with Gasteiger partial charge in [0.05, 0.1) is 0 Å². The van der Waals surface area contributed by atoms with Crippen LogP contribution in [0.25, 0.3) is 0 Å². The van der Waals surface area contributed by atoms with Crippen molar-refractivity contribution in [2.45, 2.75) is 58.8 Å². The second kappa shape index (κ2) is 8.10. The minimum atomic E-state index is 1.13. The van der Waals surface area contributed by atoms with Crippen molar-refractivity contribution in [3.63, 3.8) is 0 Å². The monoisotopic (exact) mass is 180 g/mol. The fourth-order valence-electron chi connectivity index (χ4n) is 1.41. The van der Waals surface area contributed by atoms with Crippen molar-refractivity contribution in [1.29, 1.82) is 0 Å². The third kappa shape index (κ3) is 7.83. The molecule has 0 heteroatoms. The molecule has 0 saturated carbocycles. The van der Waals surface area contributed by atoms with E-state index in [2.05, 4.69) is 27.0 Å². The molecule has 0 nitrogen and oxygen atoms in total. The summed E-state index contributed by atoms with van der Waals surface area (Å²) < 4.78 is 0. The number of rotatable bonds is 8. The summed E-state index contributed by atoms with van der Waals surface area (Å²) in [5.41, 5.74) is 2.81. The lowest BCUT2D eigenvalue weighted by Crippen LogP contribution is -1.84. The van der Waals surface area contributed by atoms with E-state index in [9.17, 15) is 0 Å². The summed E-state index contributed by atoms with van der Waals surface area (Å²) in [6.07, 6.45) is 8.57. The number of hydrogen-bond donors (Lipinski definition) is 0. The molecule has 0 aliphatic rings. The zero-order valence-corrected chi connectivity index (χ0v) is 9.36. The normalized spacial score (nSPS) is 10.0. The van der Waals surface area contributed by atoms with Gasteiger partial charge in [-0.3, -0.25) is 0 Å². The van der Waals surface area contributed by atoms with Gasteiger partial charge in [0, 0.05) is 0 Å². The molecule has 0 spiro atoms. The predicted molar refractivity (Wildman–Crippen MR) is 61.9 cm³/mol. The van der Waals surface area contributed by atoms with Crippen LogP contribution in [0.2, 0.25) is 0 Å². The quantitative estimate of drug-likeness (QED) is 0.369. The van der Waals surface area contributed by atoms with E-state index in [1.807, 2.05) is 0 Å². The minimum Gasteiger partial charge on any atom is -0.0999 e. The van der Waals surface area contributed by atoms with Gasteiger partial charge in [-0.1, -0.05) is 44.6 Å². The maximum Gasteiger partial charge on any atom is -0.0323 e. The van der Waals surface area contributed by atoms with E-state index in [0.717, 1.165) is 6.42 Å². The van der Waals surface area contributed by atoms with Crippen LogP contribution in [0.1, 0.15) is 58.8 Å². The molecule has 0 aliphatic carbocycles. The zero-order chi connectivity index (χ0) is 10.1. The smallest absolute Gasteiger partial charge is 0.0323 e. The van der Waals surface area contributed by atoms with Crippen molar-refractivity contribution in [3.8, 4) is 0 Å². The Labute approximate surface area is 83.7 Å². The first-order valence-electron chi connectivity index (χ1n) is 5.54. The van der Waals surface area contributed by atoms with Gasteiger partial charge in [0.2, 0.25) is 0 Å². The van der Waals surface area contributed by atoms with Crippen LogP contribution in [0.3, 0.4) is 0 Å². The highest BCUT2D eigenvalue weighted by Crippen LogP contribution is 2.15. The van der Waals surface area contributed by atoms with Crippen molar-refractivity contribution in [2.75, 3.05) is 0 Å². The van der Waals surface area contributed by atoms with Crippen molar-refractivity contribution in [1.82, 2.24) is 0 Å². The Morgan fingerprint density at radius 2 is 1.38 bits per heavy atom. The van der Waals surface area contributed by atoms with E-state index >= 15 is 0 Å². The minimum absolute atomic E-state index is 1.13. The first-order chi connectivity index (χ1) is 6.20. The Bertz CT molecular complexity index is 153. The van der Waals surface area contributed by atoms with Gasteiger partial charge in [-0.25, -0.2) is 0 Å². The van der Waals surface area contributed by atoms with Crippen LogP contribution in [0.15, 0.2) is 24.3 Å². The summed E-state index contributed by atoms with van der Waals surface area (Å²) in [7, 11) is 0. The fourth-order valence-corrected chi connectivity index (χ4v) is 1.41. The highest BCUT2D eigenvalue weighted by molar-refractivity contribution is 4.95. The molecule has 0 aliphatic heterocycles. The van der Waals surface area contributed by atoms with E-state index in [1.165, 1.54) is 49.7 Å². The van der Waals surface area contributed by atoms with Crippen LogP contribution in [0, 0.1) is 0 Å². The van der Waals surface area contributed by atoms with Crippen molar-refractivity contribution in [3.05, 3.63) is 24.3 Å². The molecule has 0 rings (SSSR count). The molecule has 0 saturated heterocycles. The number of unbranched alkanes of at least 4 members (excludes halogenated alkanes) is 1. The molecule has 0 heterocycles. The van der Waals surface area contributed by atoms with Crippen LogP contribution in [-0.4, -0.2) is 0 Å². The van der Waals surface area contributed by atoms with Gasteiger partial charge >= 0.3 is 0 Å². The third-order valence-corrected chi connectivity index (χ3v) is 2.41. The topological polar surface area (TPSA) is 0 Å². The van der Waals surface area contributed by atoms with Gasteiger partial charge in [0.1, 0.15) is 0 Å². The maximum absolute atomic E-state index is 4.06. The number of allylic oxidation sites excluding steroid dienone is 2.